The molecule has 4 heterocycles. The third kappa shape index (κ3) is 4.03. The fourth-order valence-electron chi connectivity index (χ4n) is 4.88. The Kier molecular flexibility index (Phi) is 6.01. The molecule has 1 fully saturated rings. The fourth-order valence-corrected chi connectivity index (χ4v) is 4.88. The number of rotatable bonds is 2. The Morgan fingerprint density at radius 1 is 1.32 bits per heavy atom. The van der Waals surface area contributed by atoms with Gasteiger partial charge in [0.15, 0.2) is 5.78 Å². The molecule has 0 radical (unpaired) electrons. The van der Waals surface area contributed by atoms with Crippen LogP contribution in [0, 0.1) is 11.8 Å². The number of aliphatic hydroxyl groups is 2. The predicted octanol–water partition coefficient (Wildman–Crippen LogP) is 3.38. The Morgan fingerprint density at radius 2 is 2.04 bits per heavy atom. The molecule has 0 aromatic heterocycles. The fraction of sp³-hybridized carbons (Fsp3) is 0.727. The van der Waals surface area contributed by atoms with E-state index in [4.69, 9.17) is 9.47 Å². The summed E-state index contributed by atoms with van der Waals surface area (Å²) in [7, 11) is 0. The zero-order valence-electron chi connectivity index (χ0n) is 17.2. The monoisotopic (exact) mass is 392 g/mol. The highest BCUT2D eigenvalue weighted by Crippen LogP contribution is 2.42. The van der Waals surface area contributed by atoms with Crippen LogP contribution in [0.5, 0.6) is 0 Å². The van der Waals surface area contributed by atoms with Crippen LogP contribution in [0.3, 0.4) is 0 Å². The van der Waals surface area contributed by atoms with Crippen LogP contribution < -0.4 is 0 Å². The first kappa shape index (κ1) is 21.1. The highest BCUT2D eigenvalue weighted by Gasteiger charge is 2.45. The molecule has 6 unspecified atom stereocenters. The van der Waals surface area contributed by atoms with Gasteiger partial charge in [-0.2, -0.15) is 0 Å². The largest absolute Gasteiger partial charge is 0.511 e. The van der Waals surface area contributed by atoms with Crippen molar-refractivity contribution in [2.45, 2.75) is 90.1 Å². The number of allylic oxidation sites excluding steroid dienone is 1. The average molecular weight is 392 g/mol. The van der Waals surface area contributed by atoms with E-state index in [0.29, 0.717) is 30.4 Å². The Bertz CT molecular complexity index is 708. The molecule has 28 heavy (non-hydrogen) atoms. The van der Waals surface area contributed by atoms with Crippen LogP contribution in [0.2, 0.25) is 0 Å². The van der Waals surface area contributed by atoms with Gasteiger partial charge in [-0.05, 0) is 57.1 Å². The summed E-state index contributed by atoms with van der Waals surface area (Å²) >= 11 is 0. The van der Waals surface area contributed by atoms with Gasteiger partial charge in [-0.15, -0.1) is 0 Å². The minimum absolute atomic E-state index is 0.00158. The van der Waals surface area contributed by atoms with E-state index >= 15 is 0 Å². The molecular formula is C22H32O6. The second-order valence-electron chi connectivity index (χ2n) is 8.88. The van der Waals surface area contributed by atoms with Crippen molar-refractivity contribution in [3.8, 4) is 0 Å². The SMILES string of the molecule is CCCC1C(O)=C2CCC3(C)CC(C)C(O3)C(O)/C=C(\C)C(=O)CC1OC2=O. The molecule has 0 aromatic rings. The van der Waals surface area contributed by atoms with Gasteiger partial charge in [-0.1, -0.05) is 20.3 Å². The van der Waals surface area contributed by atoms with Crippen molar-refractivity contribution in [2.24, 2.45) is 11.8 Å². The van der Waals surface area contributed by atoms with Crippen LogP contribution >= 0.6 is 0 Å². The molecule has 0 aromatic carbocycles. The second kappa shape index (κ2) is 7.99. The van der Waals surface area contributed by atoms with Crippen LogP contribution in [-0.2, 0) is 19.1 Å². The molecule has 2 N–H and O–H groups in total. The molecule has 1 saturated heterocycles. The molecular weight excluding hydrogens is 360 g/mol. The van der Waals surface area contributed by atoms with Crippen molar-refractivity contribution in [3.05, 3.63) is 23.0 Å². The molecule has 0 spiro atoms. The van der Waals surface area contributed by atoms with Crippen molar-refractivity contribution in [1.82, 2.24) is 0 Å². The first-order valence-corrected chi connectivity index (χ1v) is 10.4. The van der Waals surface area contributed by atoms with Gasteiger partial charge in [0.25, 0.3) is 0 Å². The van der Waals surface area contributed by atoms with Crippen molar-refractivity contribution in [1.29, 1.82) is 0 Å². The zero-order chi connectivity index (χ0) is 20.6. The smallest absolute Gasteiger partial charge is 0.337 e. The molecule has 4 aliphatic heterocycles. The van der Waals surface area contributed by atoms with Crippen LogP contribution in [-0.4, -0.2) is 45.9 Å². The van der Waals surface area contributed by atoms with Gasteiger partial charge >= 0.3 is 5.97 Å². The van der Waals surface area contributed by atoms with E-state index in [0.717, 1.165) is 12.8 Å². The average Bonchev–Trinajstić information content (AvgIpc) is 2.92. The van der Waals surface area contributed by atoms with Crippen molar-refractivity contribution in [2.75, 3.05) is 0 Å². The van der Waals surface area contributed by atoms with Gasteiger partial charge < -0.3 is 19.7 Å². The maximum absolute atomic E-state index is 12.7. The summed E-state index contributed by atoms with van der Waals surface area (Å²) in [6, 6.07) is 0. The molecule has 0 saturated carbocycles. The number of carbonyl (C=O) groups is 2. The maximum atomic E-state index is 12.7. The number of esters is 1. The molecule has 4 rings (SSSR count). The lowest BCUT2D eigenvalue weighted by atomic mass is 9.84. The van der Waals surface area contributed by atoms with Crippen LogP contribution in [0.15, 0.2) is 23.0 Å². The molecule has 6 heteroatoms. The molecule has 4 bridgehead atoms. The number of ketones is 1. The number of ether oxygens (including phenoxy) is 2. The molecule has 6 atom stereocenters. The zero-order valence-corrected chi connectivity index (χ0v) is 17.2. The van der Waals surface area contributed by atoms with Gasteiger partial charge in [-0.25, -0.2) is 4.79 Å². The van der Waals surface area contributed by atoms with Gasteiger partial charge in [0.1, 0.15) is 11.9 Å². The predicted molar refractivity (Wildman–Crippen MR) is 104 cm³/mol. The second-order valence-corrected chi connectivity index (χ2v) is 8.88. The van der Waals surface area contributed by atoms with Crippen molar-refractivity contribution < 1.29 is 29.3 Å². The molecule has 156 valence electrons. The lowest BCUT2D eigenvalue weighted by Crippen LogP contribution is -2.38. The lowest BCUT2D eigenvalue weighted by molar-refractivity contribution is -0.152. The first-order valence-electron chi connectivity index (χ1n) is 10.4. The first-order chi connectivity index (χ1) is 13.1. The number of aliphatic hydroxyl groups excluding tert-OH is 2. The van der Waals surface area contributed by atoms with Crippen molar-refractivity contribution in [3.63, 3.8) is 0 Å². The summed E-state index contributed by atoms with van der Waals surface area (Å²) in [6.07, 6.45) is 2.72. The van der Waals surface area contributed by atoms with Crippen LogP contribution in [0.4, 0.5) is 0 Å². The molecule has 0 aliphatic carbocycles. The normalized spacial score (nSPS) is 41.5. The maximum Gasteiger partial charge on any atom is 0.337 e. The highest BCUT2D eigenvalue weighted by atomic mass is 16.5. The standard InChI is InChI=1S/C22H32O6/c1-5-6-14-18-10-16(23)12(2)9-17(24)20-13(3)11-22(4,28-20)8-7-15(19(14)25)21(26)27-18/h9,13-14,17-18,20,24-25H,5-8,10-11H2,1-4H3/b12-9+. The van der Waals surface area contributed by atoms with E-state index in [1.807, 2.05) is 20.8 Å². The summed E-state index contributed by atoms with van der Waals surface area (Å²) in [4.78, 5) is 25.3. The Hall–Kier alpha value is -1.66. The molecule has 0 amide bonds. The Labute approximate surface area is 166 Å². The van der Waals surface area contributed by atoms with Crippen LogP contribution in [0.1, 0.15) is 66.2 Å². The van der Waals surface area contributed by atoms with E-state index in [9.17, 15) is 19.8 Å². The molecule has 6 nitrogen and oxygen atoms in total. The molecule has 4 aliphatic rings. The van der Waals surface area contributed by atoms with Crippen LogP contribution in [0.25, 0.3) is 0 Å². The summed E-state index contributed by atoms with van der Waals surface area (Å²) < 4.78 is 11.8. The Morgan fingerprint density at radius 3 is 2.71 bits per heavy atom. The van der Waals surface area contributed by atoms with E-state index in [-0.39, 0.29) is 29.8 Å². The lowest BCUT2D eigenvalue weighted by Gasteiger charge is -2.33. The minimum atomic E-state index is -0.859. The van der Waals surface area contributed by atoms with Gasteiger partial charge in [0.05, 0.1) is 29.3 Å². The number of hydrogen-bond donors (Lipinski definition) is 2. The summed E-state index contributed by atoms with van der Waals surface area (Å²) in [5.41, 5.74) is 0.216. The quantitative estimate of drug-likeness (QED) is 0.700. The van der Waals surface area contributed by atoms with E-state index in [1.165, 1.54) is 0 Å². The summed E-state index contributed by atoms with van der Waals surface area (Å²) in [5, 5.41) is 21.5. The summed E-state index contributed by atoms with van der Waals surface area (Å²) in [6.45, 7) is 7.66. The number of Topliss-reactive ketones (excluding diaryl/α,β-unsaturated/α-hetero) is 1. The van der Waals surface area contributed by atoms with E-state index < -0.39 is 29.9 Å². The summed E-state index contributed by atoms with van der Waals surface area (Å²) in [5.74, 6) is -0.915. The number of carbonyl (C=O) groups excluding carboxylic acids is 2. The number of fused-ring (bicyclic) bond motifs is 6. The minimum Gasteiger partial charge on any atom is -0.511 e. The van der Waals surface area contributed by atoms with Gasteiger partial charge in [-0.3, -0.25) is 4.79 Å². The third-order valence-electron chi connectivity index (χ3n) is 6.44. The Balaban J connectivity index is 2.01. The van der Waals surface area contributed by atoms with E-state index in [2.05, 4.69) is 0 Å². The topological polar surface area (TPSA) is 93.1 Å². The highest BCUT2D eigenvalue weighted by molar-refractivity contribution is 5.96. The van der Waals surface area contributed by atoms with Crippen molar-refractivity contribution >= 4 is 11.8 Å². The third-order valence-corrected chi connectivity index (χ3v) is 6.44. The van der Waals surface area contributed by atoms with E-state index in [1.54, 1.807) is 13.0 Å². The van der Waals surface area contributed by atoms with Gasteiger partial charge in [0, 0.05) is 6.42 Å². The number of hydrogen-bond acceptors (Lipinski definition) is 6. The van der Waals surface area contributed by atoms with Gasteiger partial charge in [0.2, 0.25) is 0 Å².